The number of benzene rings is 4. The molecule has 0 saturated heterocycles. The Balaban J connectivity index is 1.54. The van der Waals surface area contributed by atoms with Crippen LogP contribution in [0.5, 0.6) is 0 Å². The zero-order chi connectivity index (χ0) is 22.0. The van der Waals surface area contributed by atoms with Crippen molar-refractivity contribution in [2.24, 2.45) is 0 Å². The van der Waals surface area contributed by atoms with Gasteiger partial charge in [0.05, 0.1) is 0 Å². The first-order chi connectivity index (χ1) is 14.9. The molecule has 0 radical (unpaired) electrons. The van der Waals surface area contributed by atoms with Crippen LogP contribution in [0.1, 0.15) is 24.0 Å². The van der Waals surface area contributed by atoms with Crippen molar-refractivity contribution in [2.45, 2.75) is 19.3 Å². The minimum absolute atomic E-state index is 0.105. The molecule has 0 bridgehead atoms. The SMILES string of the molecule is C[C@@H](Cc1ccc(-c2ccc(-c3cc(F)c(Cl)c(F)c3)c(F)c2)cc1)c1ccccc1. The van der Waals surface area contributed by atoms with Gasteiger partial charge in [0, 0.05) is 5.56 Å². The summed E-state index contributed by atoms with van der Waals surface area (Å²) in [5.74, 6) is -2.00. The van der Waals surface area contributed by atoms with E-state index in [1.807, 2.05) is 42.5 Å². The molecule has 4 aromatic carbocycles. The van der Waals surface area contributed by atoms with Crippen molar-refractivity contribution in [2.75, 3.05) is 0 Å². The fourth-order valence-corrected chi connectivity index (χ4v) is 3.84. The zero-order valence-corrected chi connectivity index (χ0v) is 17.6. The summed E-state index contributed by atoms with van der Waals surface area (Å²) in [5, 5.41) is -0.595. The Morgan fingerprint density at radius 1 is 0.677 bits per heavy atom. The molecule has 156 valence electrons. The van der Waals surface area contributed by atoms with E-state index < -0.39 is 22.5 Å². The molecule has 4 heteroatoms. The molecule has 0 spiro atoms. The molecular weight excluding hydrogens is 417 g/mol. The standard InChI is InChI=1S/C27H20ClF3/c1-17(19-5-3-2-4-6-19)13-18-7-9-20(10-8-18)21-11-12-23(24(29)14-21)22-15-25(30)27(28)26(31)16-22/h2-12,14-17H,13H2,1H3/t17-/m0/s1. The van der Waals surface area contributed by atoms with E-state index in [0.29, 0.717) is 11.5 Å². The highest BCUT2D eigenvalue weighted by Crippen LogP contribution is 2.32. The fraction of sp³-hybridized carbons (Fsp3) is 0.111. The Bertz CT molecular complexity index is 1180. The van der Waals surface area contributed by atoms with Crippen LogP contribution >= 0.6 is 11.6 Å². The summed E-state index contributed by atoms with van der Waals surface area (Å²) in [6.45, 7) is 2.19. The molecule has 31 heavy (non-hydrogen) atoms. The molecule has 0 heterocycles. The molecule has 0 unspecified atom stereocenters. The molecule has 0 aliphatic heterocycles. The highest BCUT2D eigenvalue weighted by Gasteiger charge is 2.14. The topological polar surface area (TPSA) is 0 Å². The largest absolute Gasteiger partial charge is 0.206 e. The van der Waals surface area contributed by atoms with Crippen LogP contribution < -0.4 is 0 Å². The monoisotopic (exact) mass is 436 g/mol. The van der Waals surface area contributed by atoms with Crippen LogP contribution in [0, 0.1) is 17.5 Å². The summed E-state index contributed by atoms with van der Waals surface area (Å²) in [7, 11) is 0. The van der Waals surface area contributed by atoms with Crippen LogP contribution in [-0.2, 0) is 6.42 Å². The summed E-state index contributed by atoms with van der Waals surface area (Å²) in [6, 6.07) is 25.1. The van der Waals surface area contributed by atoms with Crippen LogP contribution in [0.25, 0.3) is 22.3 Å². The van der Waals surface area contributed by atoms with Crippen LogP contribution in [0.4, 0.5) is 13.2 Å². The van der Waals surface area contributed by atoms with Crippen LogP contribution in [0.3, 0.4) is 0 Å². The van der Waals surface area contributed by atoms with E-state index in [4.69, 9.17) is 11.6 Å². The Kier molecular flexibility index (Phi) is 6.15. The molecule has 4 aromatic rings. The third-order valence-electron chi connectivity index (χ3n) is 5.46. The van der Waals surface area contributed by atoms with Crippen LogP contribution in [0.2, 0.25) is 5.02 Å². The van der Waals surface area contributed by atoms with E-state index in [-0.39, 0.29) is 11.1 Å². The summed E-state index contributed by atoms with van der Waals surface area (Å²) < 4.78 is 42.2. The molecular formula is C27H20ClF3. The number of rotatable bonds is 5. The van der Waals surface area contributed by atoms with Gasteiger partial charge >= 0.3 is 0 Å². The zero-order valence-electron chi connectivity index (χ0n) is 16.9. The lowest BCUT2D eigenvalue weighted by Gasteiger charge is -2.13. The highest BCUT2D eigenvalue weighted by molar-refractivity contribution is 6.31. The van der Waals surface area contributed by atoms with Crippen LogP contribution in [-0.4, -0.2) is 0 Å². The van der Waals surface area contributed by atoms with E-state index in [2.05, 4.69) is 19.1 Å². The van der Waals surface area contributed by atoms with Gasteiger partial charge in [0.25, 0.3) is 0 Å². The first-order valence-electron chi connectivity index (χ1n) is 10.0. The first kappa shape index (κ1) is 21.2. The third-order valence-corrected chi connectivity index (χ3v) is 5.82. The Morgan fingerprint density at radius 2 is 1.26 bits per heavy atom. The third kappa shape index (κ3) is 4.67. The van der Waals surface area contributed by atoms with E-state index in [1.165, 1.54) is 23.3 Å². The summed E-state index contributed by atoms with van der Waals surface area (Å²) in [5.41, 5.74) is 4.28. The van der Waals surface area contributed by atoms with E-state index in [1.54, 1.807) is 6.07 Å². The normalized spacial score (nSPS) is 12.0. The molecule has 0 aliphatic carbocycles. The van der Waals surface area contributed by atoms with Gasteiger partial charge in [-0.1, -0.05) is 85.3 Å². The minimum Gasteiger partial charge on any atom is -0.206 e. The van der Waals surface area contributed by atoms with Crippen molar-refractivity contribution in [3.63, 3.8) is 0 Å². The lowest BCUT2D eigenvalue weighted by atomic mass is 9.92. The molecule has 0 amide bonds. The molecule has 0 saturated carbocycles. The summed E-state index contributed by atoms with van der Waals surface area (Å²) in [6.07, 6.45) is 0.908. The maximum Gasteiger partial charge on any atom is 0.145 e. The number of halogens is 4. The molecule has 4 rings (SSSR count). The molecule has 0 aliphatic rings. The number of hydrogen-bond donors (Lipinski definition) is 0. The fourth-order valence-electron chi connectivity index (χ4n) is 3.73. The summed E-state index contributed by atoms with van der Waals surface area (Å²) in [4.78, 5) is 0. The predicted molar refractivity (Wildman–Crippen MR) is 121 cm³/mol. The van der Waals surface area contributed by atoms with Crippen molar-refractivity contribution in [1.82, 2.24) is 0 Å². The van der Waals surface area contributed by atoms with Crippen molar-refractivity contribution in [3.05, 3.63) is 119 Å². The van der Waals surface area contributed by atoms with Gasteiger partial charge in [-0.25, -0.2) is 13.2 Å². The number of hydrogen-bond acceptors (Lipinski definition) is 0. The molecule has 1 atom stereocenters. The first-order valence-corrected chi connectivity index (χ1v) is 10.4. The van der Waals surface area contributed by atoms with Crippen molar-refractivity contribution >= 4 is 11.6 Å². The molecule has 0 fully saturated rings. The van der Waals surface area contributed by atoms with Crippen molar-refractivity contribution < 1.29 is 13.2 Å². The quantitative estimate of drug-likeness (QED) is 0.275. The maximum absolute atomic E-state index is 14.7. The van der Waals surface area contributed by atoms with Crippen LogP contribution in [0.15, 0.2) is 84.9 Å². The lowest BCUT2D eigenvalue weighted by molar-refractivity contribution is 0.584. The van der Waals surface area contributed by atoms with Gasteiger partial charge in [0.1, 0.15) is 22.5 Å². The van der Waals surface area contributed by atoms with Gasteiger partial charge in [-0.15, -0.1) is 0 Å². The average molecular weight is 437 g/mol. The predicted octanol–water partition coefficient (Wildman–Crippen LogP) is 8.44. The summed E-state index contributed by atoms with van der Waals surface area (Å²) >= 11 is 5.52. The second-order valence-corrected chi connectivity index (χ2v) is 8.04. The highest BCUT2D eigenvalue weighted by atomic mass is 35.5. The Hall–Kier alpha value is -3.04. The second kappa shape index (κ2) is 8.99. The molecule has 0 aromatic heterocycles. The Labute approximate surface area is 184 Å². The smallest absolute Gasteiger partial charge is 0.145 e. The van der Waals surface area contributed by atoms with Gasteiger partial charge in [0.15, 0.2) is 0 Å². The van der Waals surface area contributed by atoms with Crippen molar-refractivity contribution in [1.29, 1.82) is 0 Å². The van der Waals surface area contributed by atoms with E-state index >= 15 is 0 Å². The van der Waals surface area contributed by atoms with Crippen molar-refractivity contribution in [3.8, 4) is 22.3 Å². The Morgan fingerprint density at radius 3 is 1.87 bits per heavy atom. The molecule has 0 N–H and O–H groups in total. The van der Waals surface area contributed by atoms with Gasteiger partial charge in [-0.05, 0) is 58.4 Å². The van der Waals surface area contributed by atoms with Gasteiger partial charge in [0.2, 0.25) is 0 Å². The average Bonchev–Trinajstić information content (AvgIpc) is 2.78. The minimum atomic E-state index is -0.916. The molecule has 0 nitrogen and oxygen atoms in total. The van der Waals surface area contributed by atoms with E-state index in [9.17, 15) is 13.2 Å². The lowest BCUT2D eigenvalue weighted by Crippen LogP contribution is -1.98. The van der Waals surface area contributed by atoms with Gasteiger partial charge in [-0.2, -0.15) is 0 Å². The maximum atomic E-state index is 14.7. The van der Waals surface area contributed by atoms with Gasteiger partial charge < -0.3 is 0 Å². The second-order valence-electron chi connectivity index (χ2n) is 7.66. The van der Waals surface area contributed by atoms with Gasteiger partial charge in [-0.3, -0.25) is 0 Å². The van der Waals surface area contributed by atoms with E-state index in [0.717, 1.165) is 24.1 Å².